The fourth-order valence-corrected chi connectivity index (χ4v) is 4.36. The predicted molar refractivity (Wildman–Crippen MR) is 139 cm³/mol. The second kappa shape index (κ2) is 9.90. The number of aryl methyl sites for hydroxylation is 1. The van der Waals surface area contributed by atoms with E-state index >= 15 is 0 Å². The van der Waals surface area contributed by atoms with Gasteiger partial charge in [0.15, 0.2) is 0 Å². The molecule has 0 aliphatic rings. The van der Waals surface area contributed by atoms with Gasteiger partial charge in [-0.2, -0.15) is 0 Å². The maximum atomic E-state index is 14.6. The minimum Gasteiger partial charge on any atom is -0.345 e. The number of benzene rings is 4. The molecule has 0 spiro atoms. The minimum atomic E-state index is -0.371. The fourth-order valence-electron chi connectivity index (χ4n) is 4.36. The predicted octanol–water partition coefficient (Wildman–Crippen LogP) is 7.06. The molecular weight excluding hydrogens is 435 g/mol. The van der Waals surface area contributed by atoms with Crippen molar-refractivity contribution in [1.82, 2.24) is 10.3 Å². The van der Waals surface area contributed by atoms with E-state index in [2.05, 4.69) is 22.4 Å². The summed E-state index contributed by atoms with van der Waals surface area (Å²) in [5, 5.41) is 3.99. The number of carbonyl (C=O) groups excluding carboxylic acids is 1. The zero-order valence-corrected chi connectivity index (χ0v) is 19.4. The van der Waals surface area contributed by atoms with Crippen LogP contribution in [0.2, 0.25) is 0 Å². The van der Waals surface area contributed by atoms with Crippen LogP contribution in [-0.2, 0) is 6.42 Å². The van der Waals surface area contributed by atoms with Crippen molar-refractivity contribution < 1.29 is 9.18 Å². The summed E-state index contributed by atoms with van der Waals surface area (Å²) in [5.41, 5.74) is 5.11. The van der Waals surface area contributed by atoms with Gasteiger partial charge in [0.1, 0.15) is 5.82 Å². The van der Waals surface area contributed by atoms with Crippen LogP contribution in [0, 0.1) is 12.7 Å². The monoisotopic (exact) mass is 460 g/mol. The van der Waals surface area contributed by atoms with Crippen molar-refractivity contribution in [1.29, 1.82) is 0 Å². The van der Waals surface area contributed by atoms with Gasteiger partial charge in [0.05, 0.1) is 22.8 Å². The first kappa shape index (κ1) is 22.5. The summed E-state index contributed by atoms with van der Waals surface area (Å²) in [4.78, 5) is 18.5. The lowest BCUT2D eigenvalue weighted by molar-refractivity contribution is 0.0938. The first-order chi connectivity index (χ1) is 17.1. The number of nitrogens with zero attached hydrogens (tertiary/aromatic N) is 1. The SMILES string of the molecule is Cc1ccc2nc(-c3ccccc3F)cc(C(=O)NC(Cc3ccccc3)c3ccccc3)c2c1. The topological polar surface area (TPSA) is 42.0 Å². The van der Waals surface area contributed by atoms with E-state index in [1.54, 1.807) is 24.3 Å². The number of nitrogens with one attached hydrogen (secondary N) is 1. The summed E-state index contributed by atoms with van der Waals surface area (Å²) in [6.07, 6.45) is 0.652. The summed E-state index contributed by atoms with van der Waals surface area (Å²) in [7, 11) is 0. The molecule has 1 amide bonds. The van der Waals surface area contributed by atoms with Crippen LogP contribution in [0.25, 0.3) is 22.2 Å². The highest BCUT2D eigenvalue weighted by Gasteiger charge is 2.20. The number of hydrogen-bond donors (Lipinski definition) is 1. The maximum Gasteiger partial charge on any atom is 0.252 e. The van der Waals surface area contributed by atoms with E-state index in [-0.39, 0.29) is 17.8 Å². The molecule has 5 rings (SSSR count). The highest BCUT2D eigenvalue weighted by molar-refractivity contribution is 6.07. The highest BCUT2D eigenvalue weighted by atomic mass is 19.1. The Morgan fingerprint density at radius 1 is 0.857 bits per heavy atom. The van der Waals surface area contributed by atoms with Crippen molar-refractivity contribution in [3.63, 3.8) is 0 Å². The van der Waals surface area contributed by atoms with Crippen molar-refractivity contribution in [3.8, 4) is 11.3 Å². The molecule has 1 aromatic heterocycles. The average molecular weight is 461 g/mol. The molecule has 35 heavy (non-hydrogen) atoms. The van der Waals surface area contributed by atoms with Gasteiger partial charge >= 0.3 is 0 Å². The molecule has 1 unspecified atom stereocenters. The molecule has 0 saturated carbocycles. The van der Waals surface area contributed by atoms with Crippen LogP contribution < -0.4 is 5.32 Å². The summed E-state index contributed by atoms with van der Waals surface area (Å²) >= 11 is 0. The molecule has 0 fully saturated rings. The molecule has 0 radical (unpaired) electrons. The number of halogens is 1. The molecule has 0 saturated heterocycles. The Morgan fingerprint density at radius 3 is 2.29 bits per heavy atom. The van der Waals surface area contributed by atoms with Crippen LogP contribution in [-0.4, -0.2) is 10.9 Å². The minimum absolute atomic E-state index is 0.217. The molecule has 1 atom stereocenters. The lowest BCUT2D eigenvalue weighted by Gasteiger charge is -2.20. The van der Waals surface area contributed by atoms with Gasteiger partial charge in [-0.15, -0.1) is 0 Å². The molecular formula is C31H25FN2O. The Hall–Kier alpha value is -4.31. The van der Waals surface area contributed by atoms with Gasteiger partial charge in [0.2, 0.25) is 0 Å². The van der Waals surface area contributed by atoms with E-state index < -0.39 is 0 Å². The van der Waals surface area contributed by atoms with Gasteiger partial charge in [-0.25, -0.2) is 9.37 Å². The number of rotatable bonds is 6. The molecule has 0 aliphatic heterocycles. The van der Waals surface area contributed by atoms with Crippen molar-refractivity contribution in [3.05, 3.63) is 137 Å². The fraction of sp³-hybridized carbons (Fsp3) is 0.0968. The van der Waals surface area contributed by atoms with E-state index in [0.29, 0.717) is 28.8 Å². The van der Waals surface area contributed by atoms with Crippen LogP contribution in [0.15, 0.2) is 109 Å². The van der Waals surface area contributed by atoms with Crippen LogP contribution in [0.5, 0.6) is 0 Å². The Labute approximate surface area is 204 Å². The zero-order valence-electron chi connectivity index (χ0n) is 19.4. The molecule has 3 nitrogen and oxygen atoms in total. The first-order valence-electron chi connectivity index (χ1n) is 11.6. The molecule has 4 aromatic carbocycles. The Morgan fingerprint density at radius 2 is 1.54 bits per heavy atom. The third-order valence-electron chi connectivity index (χ3n) is 6.15. The van der Waals surface area contributed by atoms with Gasteiger partial charge in [0, 0.05) is 10.9 Å². The number of amides is 1. The van der Waals surface area contributed by atoms with Crippen LogP contribution in [0.3, 0.4) is 0 Å². The average Bonchev–Trinajstić information content (AvgIpc) is 2.89. The number of fused-ring (bicyclic) bond motifs is 1. The lowest BCUT2D eigenvalue weighted by atomic mass is 9.97. The van der Waals surface area contributed by atoms with Crippen LogP contribution in [0.4, 0.5) is 4.39 Å². The summed E-state index contributed by atoms with van der Waals surface area (Å²) in [6, 6.07) is 33.8. The summed E-state index contributed by atoms with van der Waals surface area (Å²) < 4.78 is 14.6. The third kappa shape index (κ3) is 4.97. The van der Waals surface area contributed by atoms with Gasteiger partial charge in [-0.1, -0.05) is 84.4 Å². The van der Waals surface area contributed by atoms with Crippen molar-refractivity contribution in [2.24, 2.45) is 0 Å². The van der Waals surface area contributed by atoms with E-state index in [0.717, 1.165) is 22.1 Å². The molecule has 172 valence electrons. The second-order valence-electron chi connectivity index (χ2n) is 8.68. The van der Waals surface area contributed by atoms with Gasteiger partial charge in [-0.05, 0) is 54.8 Å². The largest absolute Gasteiger partial charge is 0.345 e. The quantitative estimate of drug-likeness (QED) is 0.295. The second-order valence-corrected chi connectivity index (χ2v) is 8.68. The lowest BCUT2D eigenvalue weighted by Crippen LogP contribution is -2.30. The summed E-state index contributed by atoms with van der Waals surface area (Å²) in [5.74, 6) is -0.588. The van der Waals surface area contributed by atoms with Gasteiger partial charge in [0.25, 0.3) is 5.91 Å². The van der Waals surface area contributed by atoms with E-state index in [1.165, 1.54) is 6.07 Å². The number of hydrogen-bond acceptors (Lipinski definition) is 2. The Balaban J connectivity index is 1.58. The molecule has 1 heterocycles. The number of carbonyl (C=O) groups is 1. The maximum absolute atomic E-state index is 14.6. The van der Waals surface area contributed by atoms with Gasteiger partial charge < -0.3 is 5.32 Å². The van der Waals surface area contributed by atoms with Crippen molar-refractivity contribution in [2.45, 2.75) is 19.4 Å². The normalized spacial score (nSPS) is 11.8. The van der Waals surface area contributed by atoms with E-state index in [9.17, 15) is 9.18 Å². The molecule has 5 aromatic rings. The van der Waals surface area contributed by atoms with E-state index in [4.69, 9.17) is 0 Å². The Kier molecular flexibility index (Phi) is 6.36. The number of aromatic nitrogens is 1. The van der Waals surface area contributed by atoms with Crippen LogP contribution >= 0.6 is 0 Å². The first-order valence-corrected chi connectivity index (χ1v) is 11.6. The smallest absolute Gasteiger partial charge is 0.252 e. The molecule has 1 N–H and O–H groups in total. The standard InChI is InChI=1S/C31H25FN2O/c1-21-16-17-28-25(18-21)26(20-30(33-28)24-14-8-9-15-27(24)32)31(35)34-29(23-12-6-3-7-13-23)19-22-10-4-2-5-11-22/h2-18,20,29H,19H2,1H3,(H,34,35). The summed E-state index contributed by atoms with van der Waals surface area (Å²) in [6.45, 7) is 1.98. The Bertz CT molecular complexity index is 1480. The molecule has 0 aliphatic carbocycles. The van der Waals surface area contributed by atoms with Crippen molar-refractivity contribution >= 4 is 16.8 Å². The molecule has 4 heteroatoms. The number of pyridine rings is 1. The van der Waals surface area contributed by atoms with Crippen LogP contribution in [0.1, 0.15) is 33.1 Å². The third-order valence-corrected chi connectivity index (χ3v) is 6.15. The zero-order chi connectivity index (χ0) is 24.2. The van der Waals surface area contributed by atoms with Crippen molar-refractivity contribution in [2.75, 3.05) is 0 Å². The van der Waals surface area contributed by atoms with Gasteiger partial charge in [-0.3, -0.25) is 4.79 Å². The molecule has 0 bridgehead atoms. The van der Waals surface area contributed by atoms with E-state index in [1.807, 2.05) is 73.7 Å². The highest BCUT2D eigenvalue weighted by Crippen LogP contribution is 2.28.